The van der Waals surface area contributed by atoms with Crippen molar-refractivity contribution in [2.75, 3.05) is 13.7 Å². The first-order valence-corrected chi connectivity index (χ1v) is 10.3. The number of ether oxygens (including phenoxy) is 2. The summed E-state index contributed by atoms with van der Waals surface area (Å²) in [6.45, 7) is 0.814. The molecule has 0 bridgehead atoms. The third kappa shape index (κ3) is 3.08. The lowest BCUT2D eigenvalue weighted by molar-refractivity contribution is -0.215. The molecule has 1 aliphatic carbocycles. The zero-order valence-corrected chi connectivity index (χ0v) is 17.0. The Labute approximate surface area is 178 Å². The second-order valence-electron chi connectivity index (χ2n) is 8.31. The van der Waals surface area contributed by atoms with E-state index >= 15 is 0 Å². The number of hydrogen-bond donors (Lipinski definition) is 1. The molecule has 2 fully saturated rings. The van der Waals surface area contributed by atoms with Crippen LogP contribution < -0.4 is 10.1 Å². The Hall–Kier alpha value is -3.00. The first-order chi connectivity index (χ1) is 14.9. The van der Waals surface area contributed by atoms with Gasteiger partial charge in [0.2, 0.25) is 5.91 Å². The molecule has 2 amide bonds. The summed E-state index contributed by atoms with van der Waals surface area (Å²) >= 11 is 0. The van der Waals surface area contributed by atoms with Crippen molar-refractivity contribution in [3.8, 4) is 5.75 Å². The number of rotatable bonds is 5. The van der Waals surface area contributed by atoms with E-state index in [-0.39, 0.29) is 29.3 Å². The Morgan fingerprint density at radius 1 is 1.26 bits per heavy atom. The number of nitrogens with one attached hydrogen (secondary N) is 1. The van der Waals surface area contributed by atoms with E-state index in [1.165, 1.54) is 18.1 Å². The number of amides is 2. The first kappa shape index (κ1) is 19.9. The molecule has 1 spiro atoms. The van der Waals surface area contributed by atoms with Crippen LogP contribution in [-0.4, -0.2) is 42.1 Å². The lowest BCUT2D eigenvalue weighted by Gasteiger charge is -2.56. The molecule has 1 N–H and O–H groups in total. The third-order valence-corrected chi connectivity index (χ3v) is 6.62. The fourth-order valence-corrected chi connectivity index (χ4v) is 4.89. The van der Waals surface area contributed by atoms with Crippen LogP contribution in [0.5, 0.6) is 5.75 Å². The summed E-state index contributed by atoms with van der Waals surface area (Å²) < 4.78 is 39.7. The maximum atomic E-state index is 14.8. The summed E-state index contributed by atoms with van der Waals surface area (Å²) in [6, 6.07) is 7.89. The number of halogens is 2. The van der Waals surface area contributed by atoms with Crippen molar-refractivity contribution in [2.24, 2.45) is 0 Å². The number of para-hydroxylation sites is 1. The molecular formula is C23H22F2N2O4. The SMILES string of the molecule is COc1ccccc1CNC(=O)C1c2c(ccc(F)c2F)C(=O)N1C1CC2(CCO2)C1. The lowest BCUT2D eigenvalue weighted by Crippen LogP contribution is -2.62. The van der Waals surface area contributed by atoms with E-state index < -0.39 is 29.5 Å². The molecule has 1 saturated heterocycles. The Bertz CT molecular complexity index is 1060. The van der Waals surface area contributed by atoms with E-state index in [9.17, 15) is 18.4 Å². The van der Waals surface area contributed by atoms with E-state index in [1.54, 1.807) is 12.1 Å². The van der Waals surface area contributed by atoms with Gasteiger partial charge in [-0.05, 0) is 37.5 Å². The standard InChI is InChI=1S/C23H22F2N2O4/c1-30-17-5-3-2-4-13(17)12-26-21(28)20-18-15(6-7-16(24)19(18)25)22(29)27(20)14-10-23(11-14)8-9-31-23/h2-7,14,20H,8-12H2,1H3,(H,26,28). The van der Waals surface area contributed by atoms with Crippen LogP contribution in [0.4, 0.5) is 8.78 Å². The summed E-state index contributed by atoms with van der Waals surface area (Å²) in [4.78, 5) is 27.7. The molecule has 6 nitrogen and oxygen atoms in total. The van der Waals surface area contributed by atoms with Crippen LogP contribution in [0.15, 0.2) is 36.4 Å². The van der Waals surface area contributed by atoms with Gasteiger partial charge in [-0.3, -0.25) is 9.59 Å². The van der Waals surface area contributed by atoms with Crippen LogP contribution >= 0.6 is 0 Å². The van der Waals surface area contributed by atoms with Gasteiger partial charge in [0, 0.05) is 29.3 Å². The van der Waals surface area contributed by atoms with Gasteiger partial charge >= 0.3 is 0 Å². The maximum absolute atomic E-state index is 14.8. The average Bonchev–Trinajstić information content (AvgIpc) is 3.00. The highest BCUT2D eigenvalue weighted by Crippen LogP contribution is 2.51. The van der Waals surface area contributed by atoms with Crippen LogP contribution in [-0.2, 0) is 16.1 Å². The van der Waals surface area contributed by atoms with Crippen molar-refractivity contribution in [1.29, 1.82) is 0 Å². The van der Waals surface area contributed by atoms with Gasteiger partial charge in [0.15, 0.2) is 11.6 Å². The molecular weight excluding hydrogens is 406 g/mol. The maximum Gasteiger partial charge on any atom is 0.255 e. The summed E-state index contributed by atoms with van der Waals surface area (Å²) in [5, 5.41) is 2.77. The van der Waals surface area contributed by atoms with Crippen molar-refractivity contribution in [1.82, 2.24) is 10.2 Å². The number of methoxy groups -OCH3 is 1. The van der Waals surface area contributed by atoms with Crippen molar-refractivity contribution in [2.45, 2.75) is 43.5 Å². The predicted octanol–water partition coefficient (Wildman–Crippen LogP) is 3.11. The van der Waals surface area contributed by atoms with E-state index in [2.05, 4.69) is 5.32 Å². The molecule has 2 aromatic rings. The predicted molar refractivity (Wildman–Crippen MR) is 106 cm³/mol. The van der Waals surface area contributed by atoms with Gasteiger partial charge in [0.05, 0.1) is 19.3 Å². The summed E-state index contributed by atoms with van der Waals surface area (Å²) in [7, 11) is 1.53. The highest BCUT2D eigenvalue weighted by atomic mass is 19.2. The molecule has 8 heteroatoms. The Kier molecular flexibility index (Phi) is 4.69. The monoisotopic (exact) mass is 428 g/mol. The molecule has 162 valence electrons. The van der Waals surface area contributed by atoms with Gasteiger partial charge in [-0.2, -0.15) is 0 Å². The Morgan fingerprint density at radius 3 is 2.68 bits per heavy atom. The quantitative estimate of drug-likeness (QED) is 0.795. The highest BCUT2D eigenvalue weighted by Gasteiger charge is 2.57. The van der Waals surface area contributed by atoms with Gasteiger partial charge in [-0.15, -0.1) is 0 Å². The molecule has 0 aromatic heterocycles. The Balaban J connectivity index is 1.44. The molecule has 5 rings (SSSR count). The van der Waals surface area contributed by atoms with E-state index in [0.717, 1.165) is 18.1 Å². The number of hydrogen-bond acceptors (Lipinski definition) is 4. The largest absolute Gasteiger partial charge is 0.496 e. The molecule has 3 aliphatic rings. The molecule has 2 aliphatic heterocycles. The molecule has 2 aromatic carbocycles. The summed E-state index contributed by atoms with van der Waals surface area (Å²) in [6.07, 6.45) is 2.09. The van der Waals surface area contributed by atoms with Gasteiger partial charge in [0.25, 0.3) is 5.91 Å². The smallest absolute Gasteiger partial charge is 0.255 e. The molecule has 1 atom stereocenters. The fourth-order valence-electron chi connectivity index (χ4n) is 4.89. The van der Waals surface area contributed by atoms with Crippen molar-refractivity contribution >= 4 is 11.8 Å². The van der Waals surface area contributed by atoms with E-state index in [0.29, 0.717) is 25.2 Å². The second-order valence-corrected chi connectivity index (χ2v) is 8.31. The zero-order valence-electron chi connectivity index (χ0n) is 17.0. The van der Waals surface area contributed by atoms with Gasteiger partial charge < -0.3 is 19.7 Å². The lowest BCUT2D eigenvalue weighted by atomic mass is 9.70. The minimum Gasteiger partial charge on any atom is -0.496 e. The molecule has 0 radical (unpaired) electrons. The van der Waals surface area contributed by atoms with Crippen LogP contribution in [0.1, 0.15) is 46.8 Å². The summed E-state index contributed by atoms with van der Waals surface area (Å²) in [5.74, 6) is -2.64. The first-order valence-electron chi connectivity index (χ1n) is 10.3. The minimum absolute atomic E-state index is 0.0341. The minimum atomic E-state index is -1.23. The van der Waals surface area contributed by atoms with Gasteiger partial charge in [-0.25, -0.2) is 8.78 Å². The van der Waals surface area contributed by atoms with Crippen molar-refractivity contribution in [3.63, 3.8) is 0 Å². The molecule has 1 unspecified atom stereocenters. The number of benzene rings is 2. The van der Waals surface area contributed by atoms with Gasteiger partial charge in [-0.1, -0.05) is 18.2 Å². The van der Waals surface area contributed by atoms with Gasteiger partial charge in [0.1, 0.15) is 11.8 Å². The van der Waals surface area contributed by atoms with Crippen LogP contribution in [0.25, 0.3) is 0 Å². The average molecular weight is 428 g/mol. The normalized spacial score (nSPS) is 26.3. The number of nitrogens with zero attached hydrogens (tertiary/aromatic N) is 1. The third-order valence-electron chi connectivity index (χ3n) is 6.62. The topological polar surface area (TPSA) is 67.9 Å². The van der Waals surface area contributed by atoms with E-state index in [1.807, 2.05) is 12.1 Å². The summed E-state index contributed by atoms with van der Waals surface area (Å²) in [5.41, 5.74) is 0.339. The zero-order chi connectivity index (χ0) is 21.8. The Morgan fingerprint density at radius 2 is 2.00 bits per heavy atom. The highest BCUT2D eigenvalue weighted by molar-refractivity contribution is 6.05. The van der Waals surface area contributed by atoms with Crippen LogP contribution in [0, 0.1) is 11.6 Å². The van der Waals surface area contributed by atoms with Crippen LogP contribution in [0.2, 0.25) is 0 Å². The number of carbonyl (C=O) groups excluding carboxylic acids is 2. The second kappa shape index (κ2) is 7.30. The van der Waals surface area contributed by atoms with Crippen molar-refractivity contribution < 1.29 is 27.8 Å². The van der Waals surface area contributed by atoms with E-state index in [4.69, 9.17) is 9.47 Å². The number of carbonyl (C=O) groups is 2. The molecule has 2 heterocycles. The van der Waals surface area contributed by atoms with Crippen molar-refractivity contribution in [3.05, 3.63) is 64.7 Å². The molecule has 31 heavy (non-hydrogen) atoms. The fraction of sp³-hybridized carbons (Fsp3) is 0.391. The number of fused-ring (bicyclic) bond motifs is 1. The van der Waals surface area contributed by atoms with Crippen LogP contribution in [0.3, 0.4) is 0 Å². The molecule has 1 saturated carbocycles.